The summed E-state index contributed by atoms with van der Waals surface area (Å²) in [6.07, 6.45) is 0. The average Bonchev–Trinajstić information content (AvgIpc) is 2.38. The van der Waals surface area contributed by atoms with E-state index in [1.54, 1.807) is 24.3 Å². The number of imide groups is 1. The number of ether oxygens (including phenoxy) is 2. The predicted molar refractivity (Wildman–Crippen MR) is 68.6 cm³/mol. The standard InChI is InChI=1S/C12H14N2O6/c1-19-9-5-3-2-4-8(9)13-12(18)14-10(15)6-20-7-11(16)17/h2-5H,6-7H2,1H3,(H,16,17)(H2,13,14,15,18). The van der Waals surface area contributed by atoms with E-state index in [4.69, 9.17) is 9.84 Å². The molecule has 0 aliphatic rings. The van der Waals surface area contributed by atoms with Gasteiger partial charge < -0.3 is 19.9 Å². The molecule has 1 aromatic carbocycles. The Kier molecular flexibility index (Phi) is 5.98. The lowest BCUT2D eigenvalue weighted by Gasteiger charge is -2.10. The average molecular weight is 282 g/mol. The summed E-state index contributed by atoms with van der Waals surface area (Å²) in [6, 6.07) is 5.90. The van der Waals surface area contributed by atoms with Gasteiger partial charge in [-0.15, -0.1) is 0 Å². The molecule has 0 saturated heterocycles. The summed E-state index contributed by atoms with van der Waals surface area (Å²) in [6.45, 7) is -1.13. The van der Waals surface area contributed by atoms with Gasteiger partial charge in [-0.3, -0.25) is 10.1 Å². The van der Waals surface area contributed by atoms with Crippen LogP contribution in [0.2, 0.25) is 0 Å². The molecular weight excluding hydrogens is 268 g/mol. The van der Waals surface area contributed by atoms with Crippen molar-refractivity contribution in [1.82, 2.24) is 5.32 Å². The highest BCUT2D eigenvalue weighted by atomic mass is 16.5. The normalized spacial score (nSPS) is 9.65. The largest absolute Gasteiger partial charge is 0.495 e. The molecule has 8 heteroatoms. The molecule has 0 spiro atoms. The van der Waals surface area contributed by atoms with Crippen LogP contribution in [0.4, 0.5) is 10.5 Å². The fourth-order valence-electron chi connectivity index (χ4n) is 1.30. The van der Waals surface area contributed by atoms with Gasteiger partial charge in [-0.1, -0.05) is 12.1 Å². The quantitative estimate of drug-likeness (QED) is 0.697. The lowest BCUT2D eigenvalue weighted by molar-refractivity contribution is -0.143. The minimum atomic E-state index is -1.20. The summed E-state index contributed by atoms with van der Waals surface area (Å²) in [7, 11) is 1.45. The molecule has 1 rings (SSSR count). The zero-order chi connectivity index (χ0) is 15.0. The molecule has 20 heavy (non-hydrogen) atoms. The van der Waals surface area contributed by atoms with Gasteiger partial charge in [0.25, 0.3) is 5.91 Å². The zero-order valence-corrected chi connectivity index (χ0v) is 10.7. The fourth-order valence-corrected chi connectivity index (χ4v) is 1.30. The zero-order valence-electron chi connectivity index (χ0n) is 10.7. The summed E-state index contributed by atoms with van der Waals surface area (Å²) in [5.74, 6) is -1.51. The van der Waals surface area contributed by atoms with Crippen LogP contribution in [0.15, 0.2) is 24.3 Å². The van der Waals surface area contributed by atoms with Crippen LogP contribution >= 0.6 is 0 Å². The predicted octanol–water partition coefficient (Wildman–Crippen LogP) is 0.444. The topological polar surface area (TPSA) is 114 Å². The van der Waals surface area contributed by atoms with Crippen molar-refractivity contribution in [2.75, 3.05) is 25.6 Å². The van der Waals surface area contributed by atoms with Crippen molar-refractivity contribution in [1.29, 1.82) is 0 Å². The third-order valence-electron chi connectivity index (χ3n) is 2.07. The second-order valence-electron chi connectivity index (χ2n) is 3.59. The number of carboxylic acids is 1. The molecule has 3 N–H and O–H groups in total. The molecule has 0 unspecified atom stereocenters. The summed E-state index contributed by atoms with van der Waals surface area (Å²) < 4.78 is 9.56. The Morgan fingerprint density at radius 2 is 1.90 bits per heavy atom. The van der Waals surface area contributed by atoms with Crippen LogP contribution in [-0.2, 0) is 14.3 Å². The maximum absolute atomic E-state index is 11.5. The molecule has 108 valence electrons. The molecule has 0 heterocycles. The number of carbonyl (C=O) groups is 3. The number of urea groups is 1. The van der Waals surface area contributed by atoms with Gasteiger partial charge in [0.15, 0.2) is 0 Å². The number of hydrogen-bond acceptors (Lipinski definition) is 5. The number of carbonyl (C=O) groups excluding carboxylic acids is 2. The Balaban J connectivity index is 2.43. The van der Waals surface area contributed by atoms with Gasteiger partial charge >= 0.3 is 12.0 Å². The number of amides is 3. The number of para-hydroxylation sites is 2. The molecule has 3 amide bonds. The summed E-state index contributed by atoms with van der Waals surface area (Å²) in [5, 5.41) is 12.7. The number of anilines is 1. The van der Waals surface area contributed by atoms with Crippen LogP contribution in [-0.4, -0.2) is 43.3 Å². The molecule has 0 bridgehead atoms. The van der Waals surface area contributed by atoms with E-state index in [0.29, 0.717) is 11.4 Å². The van der Waals surface area contributed by atoms with Gasteiger partial charge in [-0.25, -0.2) is 9.59 Å². The second-order valence-corrected chi connectivity index (χ2v) is 3.59. The van der Waals surface area contributed by atoms with E-state index < -0.39 is 31.1 Å². The van der Waals surface area contributed by atoms with E-state index in [2.05, 4.69) is 10.1 Å². The van der Waals surface area contributed by atoms with E-state index in [1.807, 2.05) is 5.32 Å². The van der Waals surface area contributed by atoms with Crippen LogP contribution in [0, 0.1) is 0 Å². The molecule has 0 saturated carbocycles. The smallest absolute Gasteiger partial charge is 0.329 e. The van der Waals surface area contributed by atoms with Crippen LogP contribution in [0.5, 0.6) is 5.75 Å². The first-order valence-corrected chi connectivity index (χ1v) is 5.56. The van der Waals surface area contributed by atoms with E-state index in [9.17, 15) is 14.4 Å². The van der Waals surface area contributed by atoms with Crippen LogP contribution in [0.1, 0.15) is 0 Å². The number of hydrogen-bond donors (Lipinski definition) is 3. The maximum atomic E-state index is 11.5. The first-order chi connectivity index (χ1) is 9.52. The minimum Gasteiger partial charge on any atom is -0.495 e. The van der Waals surface area contributed by atoms with Crippen molar-refractivity contribution in [3.05, 3.63) is 24.3 Å². The summed E-state index contributed by atoms with van der Waals surface area (Å²) in [5.41, 5.74) is 0.395. The van der Waals surface area contributed by atoms with Gasteiger partial charge in [-0.2, -0.15) is 0 Å². The number of aliphatic carboxylic acids is 1. The SMILES string of the molecule is COc1ccccc1NC(=O)NC(=O)COCC(=O)O. The van der Waals surface area contributed by atoms with Gasteiger partial charge in [-0.05, 0) is 12.1 Å². The number of nitrogens with one attached hydrogen (secondary N) is 2. The van der Waals surface area contributed by atoms with Gasteiger partial charge in [0.1, 0.15) is 19.0 Å². The highest BCUT2D eigenvalue weighted by Crippen LogP contribution is 2.22. The summed E-state index contributed by atoms with van der Waals surface area (Å²) in [4.78, 5) is 32.9. The Morgan fingerprint density at radius 1 is 1.20 bits per heavy atom. The van der Waals surface area contributed by atoms with E-state index in [0.717, 1.165) is 0 Å². The van der Waals surface area contributed by atoms with Gasteiger partial charge in [0, 0.05) is 0 Å². The highest BCUT2D eigenvalue weighted by Gasteiger charge is 2.10. The Bertz CT molecular complexity index is 502. The van der Waals surface area contributed by atoms with Crippen molar-refractivity contribution in [3.8, 4) is 5.75 Å². The molecule has 1 aromatic rings. The fraction of sp³-hybridized carbons (Fsp3) is 0.250. The monoisotopic (exact) mass is 282 g/mol. The van der Waals surface area contributed by atoms with Gasteiger partial charge in [0.05, 0.1) is 12.8 Å². The molecule has 0 aliphatic carbocycles. The van der Waals surface area contributed by atoms with Crippen molar-refractivity contribution >= 4 is 23.6 Å². The Morgan fingerprint density at radius 3 is 2.55 bits per heavy atom. The van der Waals surface area contributed by atoms with Crippen molar-refractivity contribution in [2.24, 2.45) is 0 Å². The third kappa shape index (κ3) is 5.36. The number of carboxylic acid groups (broad SMARTS) is 1. The Hall–Kier alpha value is -2.61. The van der Waals surface area contributed by atoms with E-state index in [-0.39, 0.29) is 0 Å². The minimum absolute atomic E-state index is 0.395. The third-order valence-corrected chi connectivity index (χ3v) is 2.07. The Labute approximate surface area is 114 Å². The number of methoxy groups -OCH3 is 1. The molecule has 8 nitrogen and oxygen atoms in total. The number of rotatable bonds is 6. The molecule has 0 aromatic heterocycles. The molecule has 0 aliphatic heterocycles. The highest BCUT2D eigenvalue weighted by molar-refractivity contribution is 6.02. The molecule has 0 fully saturated rings. The first-order valence-electron chi connectivity index (χ1n) is 5.56. The van der Waals surface area contributed by atoms with Crippen molar-refractivity contribution < 1.29 is 29.0 Å². The number of benzene rings is 1. The molecule has 0 radical (unpaired) electrons. The van der Waals surface area contributed by atoms with E-state index >= 15 is 0 Å². The summed E-state index contributed by atoms with van der Waals surface area (Å²) >= 11 is 0. The van der Waals surface area contributed by atoms with Crippen LogP contribution in [0.25, 0.3) is 0 Å². The molecule has 0 atom stereocenters. The molecular formula is C12H14N2O6. The van der Waals surface area contributed by atoms with Crippen LogP contribution < -0.4 is 15.4 Å². The lowest BCUT2D eigenvalue weighted by Crippen LogP contribution is -2.37. The van der Waals surface area contributed by atoms with E-state index in [1.165, 1.54) is 7.11 Å². The maximum Gasteiger partial charge on any atom is 0.329 e. The second kappa shape index (κ2) is 7.74. The lowest BCUT2D eigenvalue weighted by atomic mass is 10.3. The van der Waals surface area contributed by atoms with Crippen molar-refractivity contribution in [3.63, 3.8) is 0 Å². The van der Waals surface area contributed by atoms with Gasteiger partial charge in [0.2, 0.25) is 0 Å². The van der Waals surface area contributed by atoms with Crippen LogP contribution in [0.3, 0.4) is 0 Å². The first kappa shape index (κ1) is 15.4. The van der Waals surface area contributed by atoms with Crippen molar-refractivity contribution in [2.45, 2.75) is 0 Å².